The highest BCUT2D eigenvalue weighted by Gasteiger charge is 2.31. The molecule has 1 aliphatic carbocycles. The lowest BCUT2D eigenvalue weighted by Crippen LogP contribution is -2.37. The molecule has 2 unspecified atom stereocenters. The van der Waals surface area contributed by atoms with Crippen LogP contribution in [0.3, 0.4) is 0 Å². The number of carbonyl (C=O) groups is 2. The highest BCUT2D eigenvalue weighted by Crippen LogP contribution is 2.25. The number of esters is 2. The highest BCUT2D eigenvalue weighted by molar-refractivity contribution is 5.70. The lowest BCUT2D eigenvalue weighted by Gasteiger charge is -2.30. The van der Waals surface area contributed by atoms with Crippen molar-refractivity contribution >= 4 is 11.9 Å². The van der Waals surface area contributed by atoms with Gasteiger partial charge in [-0.25, -0.2) is 0 Å². The van der Waals surface area contributed by atoms with Crippen LogP contribution in [0.5, 0.6) is 0 Å². The van der Waals surface area contributed by atoms with Crippen molar-refractivity contribution in [2.45, 2.75) is 116 Å². The van der Waals surface area contributed by atoms with Gasteiger partial charge >= 0.3 is 11.9 Å². The molecule has 1 aliphatic rings. The second-order valence-electron chi connectivity index (χ2n) is 6.96. The van der Waals surface area contributed by atoms with E-state index >= 15 is 0 Å². The Kier molecular flexibility index (Phi) is 11.6. The van der Waals surface area contributed by atoms with Crippen LogP contribution in [0.4, 0.5) is 0 Å². The lowest BCUT2D eigenvalue weighted by molar-refractivity contribution is -0.171. The van der Waals surface area contributed by atoms with E-state index in [-0.39, 0.29) is 24.1 Å². The molecule has 4 heteroatoms. The Bertz CT molecular complexity index is 320. The Morgan fingerprint density at radius 2 is 1.12 bits per heavy atom. The molecule has 24 heavy (non-hydrogen) atoms. The molecule has 1 rings (SSSR count). The normalized spacial score (nSPS) is 20.6. The van der Waals surface area contributed by atoms with E-state index in [0.717, 1.165) is 77.0 Å². The summed E-state index contributed by atoms with van der Waals surface area (Å²) in [7, 11) is 0. The number of ether oxygens (including phenoxy) is 2. The third-order valence-corrected chi connectivity index (χ3v) is 4.68. The third kappa shape index (κ3) is 9.29. The van der Waals surface area contributed by atoms with Crippen LogP contribution >= 0.6 is 0 Å². The van der Waals surface area contributed by atoms with Crippen molar-refractivity contribution in [2.24, 2.45) is 0 Å². The van der Waals surface area contributed by atoms with Crippen LogP contribution < -0.4 is 0 Å². The maximum absolute atomic E-state index is 12.0. The average molecular weight is 341 g/mol. The fraction of sp³-hybridized carbons (Fsp3) is 0.900. The summed E-state index contributed by atoms with van der Waals surface area (Å²) in [5.74, 6) is -0.274. The fourth-order valence-corrected chi connectivity index (χ4v) is 3.18. The van der Waals surface area contributed by atoms with Crippen molar-refractivity contribution in [1.29, 1.82) is 0 Å². The van der Waals surface area contributed by atoms with Gasteiger partial charge in [0.1, 0.15) is 12.2 Å². The number of hydrogen-bond donors (Lipinski definition) is 0. The van der Waals surface area contributed by atoms with Crippen molar-refractivity contribution in [3.05, 3.63) is 0 Å². The van der Waals surface area contributed by atoms with Crippen LogP contribution in [-0.2, 0) is 19.1 Å². The zero-order chi connectivity index (χ0) is 17.6. The SMILES string of the molecule is CCCCCCC(=O)OC1CCCCC1OC(=O)CCCCCC. The smallest absolute Gasteiger partial charge is 0.306 e. The summed E-state index contributed by atoms with van der Waals surface area (Å²) in [6, 6.07) is 0. The van der Waals surface area contributed by atoms with Gasteiger partial charge in [0, 0.05) is 12.8 Å². The largest absolute Gasteiger partial charge is 0.458 e. The van der Waals surface area contributed by atoms with Gasteiger partial charge in [-0.15, -0.1) is 0 Å². The van der Waals surface area contributed by atoms with Gasteiger partial charge in [0.15, 0.2) is 0 Å². The van der Waals surface area contributed by atoms with E-state index in [1.54, 1.807) is 0 Å². The predicted octanol–water partition coefficient (Wildman–Crippen LogP) is 5.32. The molecule has 4 nitrogen and oxygen atoms in total. The van der Waals surface area contributed by atoms with Gasteiger partial charge in [0.2, 0.25) is 0 Å². The average Bonchev–Trinajstić information content (AvgIpc) is 2.57. The number of unbranched alkanes of at least 4 members (excludes halogenated alkanes) is 6. The van der Waals surface area contributed by atoms with Gasteiger partial charge < -0.3 is 9.47 Å². The molecule has 0 saturated heterocycles. The monoisotopic (exact) mass is 340 g/mol. The molecule has 0 spiro atoms. The van der Waals surface area contributed by atoms with Crippen molar-refractivity contribution in [3.63, 3.8) is 0 Å². The van der Waals surface area contributed by atoms with Crippen molar-refractivity contribution in [1.82, 2.24) is 0 Å². The summed E-state index contributed by atoms with van der Waals surface area (Å²) < 4.78 is 11.2. The molecular formula is C20H36O4. The maximum atomic E-state index is 12.0. The molecule has 0 N–H and O–H groups in total. The van der Waals surface area contributed by atoms with E-state index in [1.807, 2.05) is 0 Å². The van der Waals surface area contributed by atoms with Crippen molar-refractivity contribution in [2.75, 3.05) is 0 Å². The summed E-state index contributed by atoms with van der Waals surface area (Å²) in [5.41, 5.74) is 0. The van der Waals surface area contributed by atoms with Gasteiger partial charge in [-0.3, -0.25) is 9.59 Å². The minimum absolute atomic E-state index is 0.137. The number of carbonyl (C=O) groups excluding carboxylic acids is 2. The minimum Gasteiger partial charge on any atom is -0.458 e. The Morgan fingerprint density at radius 1 is 0.708 bits per heavy atom. The summed E-state index contributed by atoms with van der Waals surface area (Å²) >= 11 is 0. The molecule has 0 bridgehead atoms. The Hall–Kier alpha value is -1.06. The molecule has 0 heterocycles. The van der Waals surface area contributed by atoms with Crippen molar-refractivity contribution in [3.8, 4) is 0 Å². The van der Waals surface area contributed by atoms with Crippen LogP contribution in [-0.4, -0.2) is 24.1 Å². The molecule has 140 valence electrons. The summed E-state index contributed by atoms with van der Waals surface area (Å²) in [4.78, 5) is 24.0. The summed E-state index contributed by atoms with van der Waals surface area (Å²) in [6.45, 7) is 4.31. The van der Waals surface area contributed by atoms with Gasteiger partial charge in [-0.05, 0) is 38.5 Å². The van der Waals surface area contributed by atoms with Gasteiger partial charge in [0.25, 0.3) is 0 Å². The van der Waals surface area contributed by atoms with Gasteiger partial charge in [-0.1, -0.05) is 52.4 Å². The molecule has 0 aromatic heterocycles. The molecule has 1 fully saturated rings. The Labute approximate surface area is 147 Å². The third-order valence-electron chi connectivity index (χ3n) is 4.68. The van der Waals surface area contributed by atoms with Gasteiger partial charge in [-0.2, -0.15) is 0 Å². The second-order valence-corrected chi connectivity index (χ2v) is 6.96. The van der Waals surface area contributed by atoms with Crippen LogP contribution in [0, 0.1) is 0 Å². The summed E-state index contributed by atoms with van der Waals surface area (Å²) in [6.07, 6.45) is 12.8. The van der Waals surface area contributed by atoms with E-state index in [9.17, 15) is 9.59 Å². The zero-order valence-electron chi connectivity index (χ0n) is 15.7. The lowest BCUT2D eigenvalue weighted by atomic mass is 9.94. The van der Waals surface area contributed by atoms with Crippen LogP contribution in [0.1, 0.15) is 104 Å². The molecule has 0 aromatic rings. The topological polar surface area (TPSA) is 52.6 Å². The fourth-order valence-electron chi connectivity index (χ4n) is 3.18. The first-order chi connectivity index (χ1) is 11.7. The van der Waals surface area contributed by atoms with Crippen LogP contribution in [0.25, 0.3) is 0 Å². The van der Waals surface area contributed by atoms with E-state index < -0.39 is 0 Å². The Morgan fingerprint density at radius 3 is 1.50 bits per heavy atom. The van der Waals surface area contributed by atoms with E-state index in [2.05, 4.69) is 13.8 Å². The van der Waals surface area contributed by atoms with Crippen molar-refractivity contribution < 1.29 is 19.1 Å². The molecular weight excluding hydrogens is 304 g/mol. The van der Waals surface area contributed by atoms with Crippen LogP contribution in [0.2, 0.25) is 0 Å². The highest BCUT2D eigenvalue weighted by atomic mass is 16.6. The first kappa shape index (κ1) is 21.0. The maximum Gasteiger partial charge on any atom is 0.306 e. The number of rotatable bonds is 12. The Balaban J connectivity index is 2.30. The standard InChI is InChI=1S/C20H36O4/c1-3-5-7-9-15-19(21)23-17-13-11-12-14-18(17)24-20(22)16-10-8-6-4-2/h17-18H,3-16H2,1-2H3. The van der Waals surface area contributed by atoms with E-state index in [0.29, 0.717) is 12.8 Å². The molecule has 0 radical (unpaired) electrons. The quantitative estimate of drug-likeness (QED) is 0.356. The second kappa shape index (κ2) is 13.3. The predicted molar refractivity (Wildman–Crippen MR) is 95.7 cm³/mol. The molecule has 1 saturated carbocycles. The molecule has 0 aliphatic heterocycles. The zero-order valence-corrected chi connectivity index (χ0v) is 15.7. The molecule has 0 aromatic carbocycles. The molecule has 0 amide bonds. The van der Waals surface area contributed by atoms with Crippen LogP contribution in [0.15, 0.2) is 0 Å². The first-order valence-electron chi connectivity index (χ1n) is 10.1. The number of hydrogen-bond acceptors (Lipinski definition) is 4. The first-order valence-corrected chi connectivity index (χ1v) is 10.1. The van der Waals surface area contributed by atoms with Gasteiger partial charge in [0.05, 0.1) is 0 Å². The minimum atomic E-state index is -0.239. The molecule has 2 atom stereocenters. The van der Waals surface area contributed by atoms with E-state index in [1.165, 1.54) is 0 Å². The van der Waals surface area contributed by atoms with E-state index in [4.69, 9.17) is 9.47 Å². The summed E-state index contributed by atoms with van der Waals surface area (Å²) in [5, 5.41) is 0.